The number of fused-ring (bicyclic) bond motifs is 2. The summed E-state index contributed by atoms with van der Waals surface area (Å²) in [6.07, 6.45) is 2.64. The fourth-order valence-corrected chi connectivity index (χ4v) is 4.05. The molecule has 2 aliphatic rings. The Labute approximate surface area is 194 Å². The molecule has 2 aromatic rings. The summed E-state index contributed by atoms with van der Waals surface area (Å²) in [6, 6.07) is 15.6. The number of carbonyl (C=O) groups is 2. The summed E-state index contributed by atoms with van der Waals surface area (Å²) in [6.45, 7) is 3.02. The van der Waals surface area contributed by atoms with E-state index in [1.165, 1.54) is 16.0 Å². The molecule has 0 fully saturated rings. The van der Waals surface area contributed by atoms with Crippen LogP contribution in [0.1, 0.15) is 44.7 Å². The molecule has 2 aromatic carbocycles. The Kier molecular flexibility index (Phi) is 7.47. The summed E-state index contributed by atoms with van der Waals surface area (Å²) in [5, 5.41) is 3.42. The second-order valence-electron chi connectivity index (χ2n) is 7.43. The molecule has 0 unspecified atom stereocenters. The van der Waals surface area contributed by atoms with Crippen LogP contribution in [0, 0.1) is 0 Å². The van der Waals surface area contributed by atoms with Crippen molar-refractivity contribution in [2.45, 2.75) is 25.8 Å². The first kappa shape index (κ1) is 22.3. The minimum absolute atomic E-state index is 0. The zero-order valence-corrected chi connectivity index (χ0v) is 19.5. The van der Waals surface area contributed by atoms with Crippen molar-refractivity contribution in [1.29, 1.82) is 0 Å². The number of amides is 2. The van der Waals surface area contributed by atoms with E-state index in [1.807, 2.05) is 7.05 Å². The van der Waals surface area contributed by atoms with Gasteiger partial charge in [-0.15, -0.1) is 24.0 Å². The maximum atomic E-state index is 12.4. The average Bonchev–Trinajstić information content (AvgIpc) is 3.01. The van der Waals surface area contributed by atoms with Gasteiger partial charge >= 0.3 is 0 Å². The monoisotopic (exact) mass is 518 g/mol. The van der Waals surface area contributed by atoms with Crippen LogP contribution in [0.2, 0.25) is 0 Å². The predicted molar refractivity (Wildman–Crippen MR) is 128 cm³/mol. The van der Waals surface area contributed by atoms with Crippen molar-refractivity contribution < 1.29 is 9.59 Å². The minimum Gasteiger partial charge on any atom is -0.356 e. The molecule has 7 heteroatoms. The zero-order valence-electron chi connectivity index (χ0n) is 17.1. The number of halogens is 1. The molecule has 2 amide bonds. The average molecular weight is 518 g/mol. The van der Waals surface area contributed by atoms with Crippen molar-refractivity contribution >= 4 is 41.8 Å². The SMILES string of the molecule is CN=C(NCCCCN1C(=O)c2ccccc2C1=O)N1CCc2ccccc2C1.I. The lowest BCUT2D eigenvalue weighted by Gasteiger charge is -2.31. The molecule has 2 aliphatic heterocycles. The number of guanidine groups is 1. The van der Waals surface area contributed by atoms with Gasteiger partial charge in [-0.2, -0.15) is 0 Å². The molecular formula is C23H27IN4O2. The number of hydrogen-bond acceptors (Lipinski definition) is 3. The van der Waals surface area contributed by atoms with Crippen LogP contribution >= 0.6 is 24.0 Å². The summed E-state index contributed by atoms with van der Waals surface area (Å²) < 4.78 is 0. The number of hydrogen-bond donors (Lipinski definition) is 1. The molecule has 0 saturated heterocycles. The summed E-state index contributed by atoms with van der Waals surface area (Å²) in [7, 11) is 1.81. The van der Waals surface area contributed by atoms with Crippen LogP contribution in [0.15, 0.2) is 53.5 Å². The molecule has 4 rings (SSSR count). The van der Waals surface area contributed by atoms with Crippen molar-refractivity contribution in [2.75, 3.05) is 26.7 Å². The number of imide groups is 1. The van der Waals surface area contributed by atoms with Gasteiger partial charge in [0.25, 0.3) is 11.8 Å². The number of unbranched alkanes of at least 4 members (excludes halogenated alkanes) is 1. The van der Waals surface area contributed by atoms with Crippen LogP contribution < -0.4 is 5.32 Å². The molecule has 0 saturated carbocycles. The van der Waals surface area contributed by atoms with Gasteiger partial charge in [0.1, 0.15) is 0 Å². The smallest absolute Gasteiger partial charge is 0.261 e. The van der Waals surface area contributed by atoms with Crippen LogP contribution in [0.4, 0.5) is 0 Å². The molecule has 0 radical (unpaired) electrons. The minimum atomic E-state index is -0.179. The molecule has 0 bridgehead atoms. The first-order valence-electron chi connectivity index (χ1n) is 10.2. The fraction of sp³-hybridized carbons (Fsp3) is 0.348. The maximum Gasteiger partial charge on any atom is 0.261 e. The first-order chi connectivity index (χ1) is 14.2. The van der Waals surface area contributed by atoms with Gasteiger partial charge in [0.15, 0.2) is 5.96 Å². The Morgan fingerprint density at radius 1 is 0.967 bits per heavy atom. The van der Waals surface area contributed by atoms with E-state index in [1.54, 1.807) is 24.3 Å². The zero-order chi connectivity index (χ0) is 20.2. The topological polar surface area (TPSA) is 65.0 Å². The van der Waals surface area contributed by atoms with Crippen LogP contribution in [0.5, 0.6) is 0 Å². The number of aliphatic imine (C=N–C) groups is 1. The normalized spacial score (nSPS) is 15.6. The van der Waals surface area contributed by atoms with Crippen LogP contribution in [-0.4, -0.2) is 54.3 Å². The third kappa shape index (κ3) is 4.50. The van der Waals surface area contributed by atoms with Gasteiger partial charge in [-0.3, -0.25) is 19.5 Å². The largest absolute Gasteiger partial charge is 0.356 e. The summed E-state index contributed by atoms with van der Waals surface area (Å²) in [4.78, 5) is 32.8. The molecule has 0 aliphatic carbocycles. The first-order valence-corrected chi connectivity index (χ1v) is 10.2. The third-order valence-corrected chi connectivity index (χ3v) is 5.61. The van der Waals surface area contributed by atoms with Gasteiger partial charge in [0.05, 0.1) is 11.1 Å². The van der Waals surface area contributed by atoms with Gasteiger partial charge in [0, 0.05) is 33.2 Å². The third-order valence-electron chi connectivity index (χ3n) is 5.61. The van der Waals surface area contributed by atoms with Crippen molar-refractivity contribution in [3.63, 3.8) is 0 Å². The lowest BCUT2D eigenvalue weighted by atomic mass is 10.0. The molecular weight excluding hydrogens is 491 g/mol. The highest BCUT2D eigenvalue weighted by Gasteiger charge is 2.34. The highest BCUT2D eigenvalue weighted by Crippen LogP contribution is 2.22. The molecule has 6 nitrogen and oxygen atoms in total. The predicted octanol–water partition coefficient (Wildman–Crippen LogP) is 3.31. The summed E-state index contributed by atoms with van der Waals surface area (Å²) >= 11 is 0. The molecule has 1 N–H and O–H groups in total. The Morgan fingerprint density at radius 2 is 1.60 bits per heavy atom. The van der Waals surface area contributed by atoms with E-state index in [-0.39, 0.29) is 35.8 Å². The van der Waals surface area contributed by atoms with E-state index in [9.17, 15) is 9.59 Å². The molecule has 0 aromatic heterocycles. The number of nitrogens with zero attached hydrogens (tertiary/aromatic N) is 3. The maximum absolute atomic E-state index is 12.4. The Hall–Kier alpha value is -2.42. The second-order valence-corrected chi connectivity index (χ2v) is 7.43. The Balaban J connectivity index is 0.00000256. The molecule has 0 atom stereocenters. The van der Waals surface area contributed by atoms with Gasteiger partial charge in [0.2, 0.25) is 0 Å². The van der Waals surface area contributed by atoms with Crippen molar-refractivity contribution in [2.24, 2.45) is 4.99 Å². The number of benzene rings is 2. The van der Waals surface area contributed by atoms with E-state index >= 15 is 0 Å². The molecule has 2 heterocycles. The van der Waals surface area contributed by atoms with E-state index < -0.39 is 0 Å². The molecule has 158 valence electrons. The quantitative estimate of drug-likeness (QED) is 0.217. The van der Waals surface area contributed by atoms with Gasteiger partial charge < -0.3 is 10.2 Å². The van der Waals surface area contributed by atoms with Crippen LogP contribution in [0.3, 0.4) is 0 Å². The highest BCUT2D eigenvalue weighted by atomic mass is 127. The number of rotatable bonds is 5. The summed E-state index contributed by atoms with van der Waals surface area (Å²) in [5.74, 6) is 0.544. The van der Waals surface area contributed by atoms with Gasteiger partial charge in [-0.05, 0) is 42.5 Å². The fourth-order valence-electron chi connectivity index (χ4n) is 4.05. The standard InChI is InChI=1S/C23H26N4O2.HI/c1-24-23(26-15-12-17-8-2-3-9-18(17)16-26)25-13-6-7-14-27-21(28)19-10-4-5-11-20(19)22(27)29;/h2-5,8-11H,6-7,12-16H2,1H3,(H,24,25);1H. The number of carbonyl (C=O) groups excluding carboxylic acids is 2. The molecule has 30 heavy (non-hydrogen) atoms. The van der Waals surface area contributed by atoms with E-state index in [4.69, 9.17) is 0 Å². The van der Waals surface area contributed by atoms with Crippen LogP contribution in [-0.2, 0) is 13.0 Å². The second kappa shape index (κ2) is 10.1. The van der Waals surface area contributed by atoms with Crippen LogP contribution in [0.25, 0.3) is 0 Å². The Bertz CT molecular complexity index is 925. The Morgan fingerprint density at radius 3 is 2.27 bits per heavy atom. The lowest BCUT2D eigenvalue weighted by molar-refractivity contribution is 0.0652. The van der Waals surface area contributed by atoms with Gasteiger partial charge in [-0.1, -0.05) is 36.4 Å². The highest BCUT2D eigenvalue weighted by molar-refractivity contribution is 14.0. The van der Waals surface area contributed by atoms with E-state index in [0.29, 0.717) is 17.7 Å². The van der Waals surface area contributed by atoms with Crippen molar-refractivity contribution in [3.05, 3.63) is 70.8 Å². The van der Waals surface area contributed by atoms with Gasteiger partial charge in [-0.25, -0.2) is 0 Å². The van der Waals surface area contributed by atoms with E-state index in [2.05, 4.69) is 39.5 Å². The lowest BCUT2D eigenvalue weighted by Crippen LogP contribution is -2.44. The summed E-state index contributed by atoms with van der Waals surface area (Å²) in [5.41, 5.74) is 3.80. The molecule has 0 spiro atoms. The van der Waals surface area contributed by atoms with Crippen molar-refractivity contribution in [1.82, 2.24) is 15.1 Å². The van der Waals surface area contributed by atoms with Crippen molar-refractivity contribution in [3.8, 4) is 0 Å². The number of nitrogens with one attached hydrogen (secondary N) is 1. The van der Waals surface area contributed by atoms with E-state index in [0.717, 1.165) is 44.9 Å².